The van der Waals surface area contributed by atoms with Crippen molar-refractivity contribution in [2.24, 2.45) is 0 Å². The van der Waals surface area contributed by atoms with E-state index in [9.17, 15) is 8.42 Å². The Morgan fingerprint density at radius 3 is 2.56 bits per heavy atom. The Morgan fingerprint density at radius 2 is 2.06 bits per heavy atom. The van der Waals surface area contributed by atoms with Crippen LogP contribution < -0.4 is 5.32 Å². The summed E-state index contributed by atoms with van der Waals surface area (Å²) >= 11 is 0. The minimum atomic E-state index is -3.46. The Balaban J connectivity index is 3.12. The van der Waals surface area contributed by atoms with Gasteiger partial charge in [-0.25, -0.2) is 12.7 Å². The number of nitrogens with one attached hydrogen (secondary N) is 2. The van der Waals surface area contributed by atoms with Crippen LogP contribution in [0.25, 0.3) is 0 Å². The predicted molar refractivity (Wildman–Crippen MR) is 70.8 cm³/mol. The van der Waals surface area contributed by atoms with Crippen molar-refractivity contribution >= 4 is 10.0 Å². The maximum Gasteiger partial charge on any atom is 0.246 e. The first kappa shape index (κ1) is 15.1. The average molecular weight is 274 g/mol. The molecular formula is C11H22N4O2S. The Hall–Kier alpha value is -0.920. The first-order chi connectivity index (χ1) is 8.30. The maximum atomic E-state index is 12.3. The van der Waals surface area contributed by atoms with E-state index in [4.69, 9.17) is 0 Å². The summed E-state index contributed by atoms with van der Waals surface area (Å²) in [6.07, 6.45) is 0. The highest BCUT2D eigenvalue weighted by atomic mass is 32.2. The molecule has 0 aliphatic heterocycles. The number of sulfonamides is 1. The SMILES string of the molecule is CCN(C)S(=O)(=O)c1c(CNC(C)C)n[nH]c1C. The highest BCUT2D eigenvalue weighted by molar-refractivity contribution is 7.89. The second-order valence-corrected chi connectivity index (χ2v) is 6.56. The summed E-state index contributed by atoms with van der Waals surface area (Å²) in [5.41, 5.74) is 1.12. The zero-order chi connectivity index (χ0) is 13.9. The monoisotopic (exact) mass is 274 g/mol. The van der Waals surface area contributed by atoms with Gasteiger partial charge in [0.25, 0.3) is 0 Å². The van der Waals surface area contributed by atoms with Crippen LogP contribution in [0.5, 0.6) is 0 Å². The van der Waals surface area contributed by atoms with Crippen LogP contribution in [0.15, 0.2) is 4.90 Å². The Labute approximate surface area is 109 Å². The van der Waals surface area contributed by atoms with Crippen LogP contribution in [0, 0.1) is 6.92 Å². The molecule has 0 atom stereocenters. The third-order valence-electron chi connectivity index (χ3n) is 2.75. The molecule has 0 radical (unpaired) electrons. The molecule has 0 bridgehead atoms. The second-order valence-electron chi connectivity index (χ2n) is 4.58. The molecule has 1 heterocycles. The molecule has 0 amide bonds. The van der Waals surface area contributed by atoms with Gasteiger partial charge in [0.2, 0.25) is 10.0 Å². The molecule has 1 aromatic heterocycles. The van der Waals surface area contributed by atoms with E-state index in [1.54, 1.807) is 20.9 Å². The van der Waals surface area contributed by atoms with E-state index in [1.807, 2.05) is 13.8 Å². The van der Waals surface area contributed by atoms with Crippen LogP contribution in [-0.2, 0) is 16.6 Å². The number of aromatic amines is 1. The number of nitrogens with zero attached hydrogens (tertiary/aromatic N) is 2. The van der Waals surface area contributed by atoms with Crippen molar-refractivity contribution < 1.29 is 8.42 Å². The van der Waals surface area contributed by atoms with E-state index < -0.39 is 10.0 Å². The summed E-state index contributed by atoms with van der Waals surface area (Å²) < 4.78 is 26.0. The van der Waals surface area contributed by atoms with Gasteiger partial charge in [0, 0.05) is 26.2 Å². The van der Waals surface area contributed by atoms with Gasteiger partial charge in [0.15, 0.2) is 0 Å². The molecule has 0 fully saturated rings. The number of hydrogen-bond acceptors (Lipinski definition) is 4. The quantitative estimate of drug-likeness (QED) is 0.806. The molecule has 0 aliphatic rings. The fraction of sp³-hybridized carbons (Fsp3) is 0.727. The van der Waals surface area contributed by atoms with Gasteiger partial charge in [-0.15, -0.1) is 0 Å². The molecule has 1 aromatic rings. The summed E-state index contributed by atoms with van der Waals surface area (Å²) in [6.45, 7) is 8.41. The van der Waals surface area contributed by atoms with Gasteiger partial charge < -0.3 is 5.32 Å². The Bertz CT molecular complexity index is 493. The molecule has 6 nitrogen and oxygen atoms in total. The van der Waals surface area contributed by atoms with E-state index in [0.29, 0.717) is 29.4 Å². The van der Waals surface area contributed by atoms with E-state index in [0.717, 1.165) is 0 Å². The molecule has 0 unspecified atom stereocenters. The highest BCUT2D eigenvalue weighted by Gasteiger charge is 2.27. The summed E-state index contributed by atoms with van der Waals surface area (Å²) in [5.74, 6) is 0. The smallest absolute Gasteiger partial charge is 0.246 e. The fourth-order valence-corrected chi connectivity index (χ4v) is 3.06. The van der Waals surface area contributed by atoms with Crippen molar-refractivity contribution in [1.82, 2.24) is 19.8 Å². The molecule has 2 N–H and O–H groups in total. The highest BCUT2D eigenvalue weighted by Crippen LogP contribution is 2.21. The number of aromatic nitrogens is 2. The van der Waals surface area contributed by atoms with E-state index >= 15 is 0 Å². The number of rotatable bonds is 6. The lowest BCUT2D eigenvalue weighted by Crippen LogP contribution is -2.29. The van der Waals surface area contributed by atoms with E-state index in [1.165, 1.54) is 4.31 Å². The van der Waals surface area contributed by atoms with Gasteiger partial charge >= 0.3 is 0 Å². The molecule has 18 heavy (non-hydrogen) atoms. The number of H-pyrrole nitrogens is 1. The third kappa shape index (κ3) is 3.09. The zero-order valence-electron chi connectivity index (χ0n) is 11.6. The van der Waals surface area contributed by atoms with Gasteiger partial charge in [-0.3, -0.25) is 5.10 Å². The minimum absolute atomic E-state index is 0.279. The molecule has 0 aliphatic carbocycles. The van der Waals surface area contributed by atoms with Gasteiger partial charge in [0.1, 0.15) is 4.90 Å². The van der Waals surface area contributed by atoms with Crippen molar-refractivity contribution in [3.8, 4) is 0 Å². The maximum absolute atomic E-state index is 12.3. The molecule has 1 rings (SSSR count). The topological polar surface area (TPSA) is 78.1 Å². The van der Waals surface area contributed by atoms with Crippen molar-refractivity contribution in [1.29, 1.82) is 0 Å². The van der Waals surface area contributed by atoms with Crippen molar-refractivity contribution in [2.75, 3.05) is 13.6 Å². The van der Waals surface area contributed by atoms with Crippen LogP contribution in [0.2, 0.25) is 0 Å². The van der Waals surface area contributed by atoms with E-state index in [2.05, 4.69) is 15.5 Å². The molecular weight excluding hydrogens is 252 g/mol. The van der Waals surface area contributed by atoms with E-state index in [-0.39, 0.29) is 6.04 Å². The van der Waals surface area contributed by atoms with Gasteiger partial charge in [-0.1, -0.05) is 20.8 Å². The minimum Gasteiger partial charge on any atom is -0.309 e. The summed E-state index contributed by atoms with van der Waals surface area (Å²) in [5, 5.41) is 10.0. The molecule has 0 saturated heterocycles. The van der Waals surface area contributed by atoms with Crippen LogP contribution in [0.4, 0.5) is 0 Å². The largest absolute Gasteiger partial charge is 0.309 e. The summed E-state index contributed by atoms with van der Waals surface area (Å²) in [7, 11) is -1.88. The lowest BCUT2D eigenvalue weighted by molar-refractivity contribution is 0.483. The number of hydrogen-bond donors (Lipinski definition) is 2. The van der Waals surface area contributed by atoms with Gasteiger partial charge in [0.05, 0.1) is 11.4 Å². The van der Waals surface area contributed by atoms with Gasteiger partial charge in [-0.05, 0) is 6.92 Å². The standard InChI is InChI=1S/C11H22N4O2S/c1-6-15(5)18(16,17)11-9(4)13-14-10(11)7-12-8(2)3/h8,12H,6-7H2,1-5H3,(H,13,14). The van der Waals surface area contributed by atoms with Crippen molar-refractivity contribution in [3.05, 3.63) is 11.4 Å². The molecule has 0 aromatic carbocycles. The predicted octanol–water partition coefficient (Wildman–Crippen LogP) is 0.857. The molecule has 0 saturated carbocycles. The zero-order valence-corrected chi connectivity index (χ0v) is 12.4. The summed E-state index contributed by atoms with van der Waals surface area (Å²) in [6, 6.07) is 0.279. The van der Waals surface area contributed by atoms with Crippen LogP contribution in [-0.4, -0.2) is 42.6 Å². The Kier molecular flexibility index (Phi) is 4.89. The van der Waals surface area contributed by atoms with Crippen LogP contribution in [0.3, 0.4) is 0 Å². The summed E-state index contributed by atoms with van der Waals surface area (Å²) in [4.78, 5) is 0.292. The lowest BCUT2D eigenvalue weighted by Gasteiger charge is -2.16. The van der Waals surface area contributed by atoms with Crippen LogP contribution in [0.1, 0.15) is 32.2 Å². The average Bonchev–Trinajstić information content (AvgIpc) is 2.67. The number of aryl methyl sites for hydroxylation is 1. The first-order valence-electron chi connectivity index (χ1n) is 6.04. The second kappa shape index (κ2) is 5.81. The third-order valence-corrected chi connectivity index (χ3v) is 4.89. The van der Waals surface area contributed by atoms with Crippen LogP contribution >= 0.6 is 0 Å². The first-order valence-corrected chi connectivity index (χ1v) is 7.48. The van der Waals surface area contributed by atoms with Crippen molar-refractivity contribution in [3.63, 3.8) is 0 Å². The lowest BCUT2D eigenvalue weighted by atomic mass is 10.3. The fourth-order valence-electron chi connectivity index (χ4n) is 1.56. The molecule has 0 spiro atoms. The van der Waals surface area contributed by atoms with Gasteiger partial charge in [-0.2, -0.15) is 5.10 Å². The Morgan fingerprint density at radius 1 is 1.44 bits per heavy atom. The normalized spacial score (nSPS) is 12.6. The molecule has 104 valence electrons. The van der Waals surface area contributed by atoms with Crippen molar-refractivity contribution in [2.45, 2.75) is 45.2 Å². The molecule has 7 heteroatoms.